The minimum Gasteiger partial charge on any atom is -0.481 e. The first-order valence-electron chi connectivity index (χ1n) is 8.39. The third-order valence-electron chi connectivity index (χ3n) is 4.03. The van der Waals surface area contributed by atoms with Crippen molar-refractivity contribution in [3.8, 4) is 0 Å². The molecule has 0 saturated heterocycles. The van der Waals surface area contributed by atoms with E-state index >= 15 is 0 Å². The minimum atomic E-state index is -0.873. The molecule has 124 valence electrons. The minimum absolute atomic E-state index is 0.0117. The summed E-state index contributed by atoms with van der Waals surface area (Å²) >= 11 is 0. The van der Waals surface area contributed by atoms with Gasteiger partial charge in [-0.05, 0) is 25.3 Å². The SMILES string of the molecule is CCCCCCc1c(C(=O)CCCC(=O)O)oc2ccccc12. The number of ketones is 1. The molecule has 2 aromatic rings. The molecule has 0 bridgehead atoms. The summed E-state index contributed by atoms with van der Waals surface area (Å²) in [5, 5.41) is 9.70. The number of fused-ring (bicyclic) bond motifs is 1. The van der Waals surface area contributed by atoms with E-state index in [1.165, 1.54) is 12.8 Å². The van der Waals surface area contributed by atoms with Gasteiger partial charge in [0.2, 0.25) is 0 Å². The van der Waals surface area contributed by atoms with Crippen LogP contribution in [0.3, 0.4) is 0 Å². The topological polar surface area (TPSA) is 67.5 Å². The van der Waals surface area contributed by atoms with E-state index in [1.807, 2.05) is 24.3 Å². The molecule has 4 heteroatoms. The molecule has 1 aromatic heterocycles. The molecule has 1 heterocycles. The van der Waals surface area contributed by atoms with Gasteiger partial charge in [-0.25, -0.2) is 0 Å². The molecule has 1 N–H and O–H groups in total. The van der Waals surface area contributed by atoms with E-state index in [-0.39, 0.29) is 18.6 Å². The van der Waals surface area contributed by atoms with Crippen LogP contribution in [-0.2, 0) is 11.2 Å². The maximum atomic E-state index is 12.4. The Kier molecular flexibility index (Phi) is 6.39. The molecule has 0 spiro atoms. The summed E-state index contributed by atoms with van der Waals surface area (Å²) in [5.41, 5.74) is 1.72. The largest absolute Gasteiger partial charge is 0.481 e. The Bertz CT molecular complexity index is 669. The molecule has 4 nitrogen and oxygen atoms in total. The zero-order valence-corrected chi connectivity index (χ0v) is 13.6. The molecule has 0 aliphatic rings. The van der Waals surface area contributed by atoms with E-state index in [9.17, 15) is 9.59 Å². The van der Waals surface area contributed by atoms with Crippen LogP contribution in [0.25, 0.3) is 11.0 Å². The molecule has 0 aliphatic heterocycles. The molecule has 1 aromatic carbocycles. The average molecular weight is 316 g/mol. The van der Waals surface area contributed by atoms with Crippen molar-refractivity contribution in [3.63, 3.8) is 0 Å². The van der Waals surface area contributed by atoms with E-state index < -0.39 is 5.97 Å². The highest BCUT2D eigenvalue weighted by atomic mass is 16.4. The van der Waals surface area contributed by atoms with Crippen molar-refractivity contribution >= 4 is 22.7 Å². The lowest BCUT2D eigenvalue weighted by Crippen LogP contribution is -2.03. The number of carbonyl (C=O) groups excluding carboxylic acids is 1. The second-order valence-corrected chi connectivity index (χ2v) is 5.89. The van der Waals surface area contributed by atoms with Crippen LogP contribution in [0.5, 0.6) is 0 Å². The first-order valence-corrected chi connectivity index (χ1v) is 8.39. The first-order chi connectivity index (χ1) is 11.1. The zero-order chi connectivity index (χ0) is 16.7. The van der Waals surface area contributed by atoms with Gasteiger partial charge >= 0.3 is 5.97 Å². The van der Waals surface area contributed by atoms with Crippen LogP contribution in [0, 0.1) is 0 Å². The van der Waals surface area contributed by atoms with Gasteiger partial charge in [-0.2, -0.15) is 0 Å². The Labute approximate surface area is 136 Å². The fraction of sp³-hybridized carbons (Fsp3) is 0.474. The van der Waals surface area contributed by atoms with Crippen LogP contribution in [0.15, 0.2) is 28.7 Å². The Morgan fingerprint density at radius 1 is 1.04 bits per heavy atom. The van der Waals surface area contributed by atoms with Gasteiger partial charge in [0.05, 0.1) is 0 Å². The third-order valence-corrected chi connectivity index (χ3v) is 4.03. The van der Waals surface area contributed by atoms with Gasteiger partial charge in [0.25, 0.3) is 0 Å². The second kappa shape index (κ2) is 8.51. The summed E-state index contributed by atoms with van der Waals surface area (Å²) < 4.78 is 5.78. The van der Waals surface area contributed by atoms with Gasteiger partial charge in [-0.3, -0.25) is 9.59 Å². The highest BCUT2D eigenvalue weighted by Crippen LogP contribution is 2.29. The summed E-state index contributed by atoms with van der Waals surface area (Å²) in [4.78, 5) is 23.0. The number of aryl methyl sites for hydroxylation is 1. The predicted molar refractivity (Wildman–Crippen MR) is 89.9 cm³/mol. The molecule has 0 radical (unpaired) electrons. The average Bonchev–Trinajstić information content (AvgIpc) is 2.90. The summed E-state index contributed by atoms with van der Waals surface area (Å²) in [6, 6.07) is 7.71. The predicted octanol–water partition coefficient (Wildman–Crippen LogP) is 4.99. The van der Waals surface area contributed by atoms with Crippen molar-refractivity contribution in [1.29, 1.82) is 0 Å². The number of unbranched alkanes of at least 4 members (excludes halogenated alkanes) is 3. The summed E-state index contributed by atoms with van der Waals surface area (Å²) in [5.74, 6) is -0.539. The van der Waals surface area contributed by atoms with Gasteiger partial charge in [-0.15, -0.1) is 0 Å². The Balaban J connectivity index is 2.16. The van der Waals surface area contributed by atoms with Crippen LogP contribution >= 0.6 is 0 Å². The van der Waals surface area contributed by atoms with Crippen molar-refractivity contribution in [2.45, 2.75) is 58.3 Å². The number of para-hydroxylation sites is 1. The van der Waals surface area contributed by atoms with Crippen LogP contribution in [-0.4, -0.2) is 16.9 Å². The first kappa shape index (κ1) is 17.3. The summed E-state index contributed by atoms with van der Waals surface area (Å²) in [6.07, 6.45) is 5.95. The Hall–Kier alpha value is -2.10. The lowest BCUT2D eigenvalue weighted by molar-refractivity contribution is -0.137. The van der Waals surface area contributed by atoms with Crippen molar-refractivity contribution < 1.29 is 19.1 Å². The van der Waals surface area contributed by atoms with Crippen molar-refractivity contribution in [1.82, 2.24) is 0 Å². The van der Waals surface area contributed by atoms with E-state index in [0.717, 1.165) is 35.8 Å². The number of Topliss-reactive ketones (excluding diaryl/α,β-unsaturated/α-hetero) is 1. The number of carbonyl (C=O) groups is 2. The van der Waals surface area contributed by atoms with Crippen molar-refractivity contribution in [3.05, 3.63) is 35.6 Å². The number of benzene rings is 1. The lowest BCUT2D eigenvalue weighted by Gasteiger charge is -2.03. The standard InChI is InChI=1S/C19H24O4/c1-2-3-4-5-10-15-14-9-6-7-12-17(14)23-19(15)16(20)11-8-13-18(21)22/h6-7,9,12H,2-5,8,10-11,13H2,1H3,(H,21,22). The van der Waals surface area contributed by atoms with Gasteiger partial charge in [0.1, 0.15) is 5.58 Å². The number of hydrogen-bond donors (Lipinski definition) is 1. The molecular formula is C19H24O4. The molecule has 0 aliphatic carbocycles. The summed E-state index contributed by atoms with van der Waals surface area (Å²) in [7, 11) is 0. The van der Waals surface area contributed by atoms with Crippen LogP contribution < -0.4 is 0 Å². The van der Waals surface area contributed by atoms with Gasteiger partial charge < -0.3 is 9.52 Å². The maximum Gasteiger partial charge on any atom is 0.303 e. The van der Waals surface area contributed by atoms with E-state index in [2.05, 4.69) is 6.92 Å². The van der Waals surface area contributed by atoms with Crippen molar-refractivity contribution in [2.24, 2.45) is 0 Å². The number of carboxylic acids is 1. The van der Waals surface area contributed by atoms with Crippen LogP contribution in [0.1, 0.15) is 68.0 Å². The number of carboxylic acid groups (broad SMARTS) is 1. The van der Waals surface area contributed by atoms with Gasteiger partial charge in [-0.1, -0.05) is 44.4 Å². The molecule has 0 amide bonds. The van der Waals surface area contributed by atoms with E-state index in [1.54, 1.807) is 0 Å². The maximum absolute atomic E-state index is 12.4. The molecule has 0 saturated carbocycles. The molecule has 0 atom stereocenters. The summed E-state index contributed by atoms with van der Waals surface area (Å²) in [6.45, 7) is 2.17. The Morgan fingerprint density at radius 3 is 2.57 bits per heavy atom. The number of aliphatic carboxylic acids is 1. The van der Waals surface area contributed by atoms with Crippen LogP contribution in [0.2, 0.25) is 0 Å². The molecule has 0 fully saturated rings. The number of hydrogen-bond acceptors (Lipinski definition) is 3. The number of furan rings is 1. The van der Waals surface area contributed by atoms with Crippen LogP contribution in [0.4, 0.5) is 0 Å². The number of rotatable bonds is 10. The highest BCUT2D eigenvalue weighted by molar-refractivity contribution is 6.00. The highest BCUT2D eigenvalue weighted by Gasteiger charge is 2.19. The third kappa shape index (κ3) is 4.68. The lowest BCUT2D eigenvalue weighted by atomic mass is 10.00. The normalized spacial score (nSPS) is 11.0. The van der Waals surface area contributed by atoms with E-state index in [0.29, 0.717) is 12.2 Å². The fourth-order valence-electron chi connectivity index (χ4n) is 2.81. The monoisotopic (exact) mass is 316 g/mol. The fourth-order valence-corrected chi connectivity index (χ4v) is 2.81. The van der Waals surface area contributed by atoms with E-state index in [4.69, 9.17) is 9.52 Å². The molecular weight excluding hydrogens is 292 g/mol. The second-order valence-electron chi connectivity index (χ2n) is 5.89. The smallest absolute Gasteiger partial charge is 0.303 e. The quantitative estimate of drug-likeness (QED) is 0.495. The van der Waals surface area contributed by atoms with Gasteiger partial charge in [0, 0.05) is 23.8 Å². The molecule has 23 heavy (non-hydrogen) atoms. The van der Waals surface area contributed by atoms with Crippen molar-refractivity contribution in [2.75, 3.05) is 0 Å². The molecule has 2 rings (SSSR count). The van der Waals surface area contributed by atoms with Gasteiger partial charge in [0.15, 0.2) is 11.5 Å². The zero-order valence-electron chi connectivity index (χ0n) is 13.6. The molecule has 0 unspecified atom stereocenters. The Morgan fingerprint density at radius 2 is 1.83 bits per heavy atom.